The normalized spacial score (nSPS) is 10.6. The number of carbonyl (C=O) groups excluding carboxylic acids is 3. The predicted octanol–water partition coefficient (Wildman–Crippen LogP) is 2.90. The Bertz CT molecular complexity index is 1040. The van der Waals surface area contributed by atoms with Gasteiger partial charge in [0.1, 0.15) is 6.54 Å². The number of hydrogen-bond acceptors (Lipinski definition) is 5. The molecule has 2 aromatic carbocycles. The number of nitro groups is 1. The predicted molar refractivity (Wildman–Crippen MR) is 107 cm³/mol. The average Bonchev–Trinajstić information content (AvgIpc) is 2.71. The maximum Gasteiger partial charge on any atom is 0.416 e. The van der Waals surface area contributed by atoms with E-state index in [1.165, 1.54) is 18.2 Å². The Morgan fingerprint density at radius 2 is 1.72 bits per heavy atom. The van der Waals surface area contributed by atoms with E-state index in [0.29, 0.717) is 5.56 Å². The largest absolute Gasteiger partial charge is 0.416 e. The van der Waals surface area contributed by atoms with E-state index in [0.717, 1.165) is 24.3 Å². The van der Waals surface area contributed by atoms with Crippen molar-refractivity contribution in [3.8, 4) is 0 Å². The number of nitrogens with one attached hydrogen (secondary N) is 5. The quantitative estimate of drug-likeness (QED) is 0.347. The minimum atomic E-state index is -4.58. The van der Waals surface area contributed by atoms with E-state index < -0.39 is 41.2 Å². The number of urea groups is 2. The summed E-state index contributed by atoms with van der Waals surface area (Å²) in [5.41, 5.74) is 3.31. The highest BCUT2D eigenvalue weighted by atomic mass is 19.4. The van der Waals surface area contributed by atoms with Crippen LogP contribution in [0.1, 0.15) is 11.1 Å². The molecule has 2 aromatic rings. The first-order valence-electron chi connectivity index (χ1n) is 8.78. The Labute approximate surface area is 178 Å². The average molecular weight is 454 g/mol. The number of amides is 5. The lowest BCUT2D eigenvalue weighted by molar-refractivity contribution is -0.384. The number of hydrogen-bond donors (Lipinski definition) is 5. The van der Waals surface area contributed by atoms with E-state index in [1.54, 1.807) is 6.92 Å². The molecule has 0 atom stereocenters. The summed E-state index contributed by atoms with van der Waals surface area (Å²) in [6.45, 7) is 0.992. The number of aryl methyl sites for hydroxylation is 1. The Balaban J connectivity index is 1.79. The molecular formula is C18H17F3N6O5. The first-order valence-corrected chi connectivity index (χ1v) is 8.78. The third-order valence-corrected chi connectivity index (χ3v) is 3.85. The summed E-state index contributed by atoms with van der Waals surface area (Å²) in [6.07, 6.45) is -4.58. The molecular weight excluding hydrogens is 437 g/mol. The smallest absolute Gasteiger partial charge is 0.329 e. The van der Waals surface area contributed by atoms with Crippen LogP contribution >= 0.6 is 0 Å². The van der Waals surface area contributed by atoms with Gasteiger partial charge in [-0.3, -0.25) is 20.3 Å². The molecule has 5 N–H and O–H groups in total. The van der Waals surface area contributed by atoms with Crippen LogP contribution < -0.4 is 26.8 Å². The number of alkyl halides is 3. The van der Waals surface area contributed by atoms with E-state index >= 15 is 0 Å². The minimum absolute atomic E-state index is 0.137. The first-order chi connectivity index (χ1) is 15.0. The number of nitrogens with zero attached hydrogens (tertiary/aromatic N) is 1. The lowest BCUT2D eigenvalue weighted by Gasteiger charge is -2.12. The molecule has 0 unspecified atom stereocenters. The van der Waals surface area contributed by atoms with Crippen LogP contribution in [0.5, 0.6) is 0 Å². The maximum absolute atomic E-state index is 12.7. The number of non-ortho nitro benzene ring substituents is 1. The highest BCUT2D eigenvalue weighted by Crippen LogP contribution is 2.30. The molecule has 0 aliphatic heterocycles. The van der Waals surface area contributed by atoms with Crippen molar-refractivity contribution in [2.24, 2.45) is 0 Å². The fourth-order valence-corrected chi connectivity index (χ4v) is 2.29. The first kappa shape index (κ1) is 23.9. The van der Waals surface area contributed by atoms with E-state index in [-0.39, 0.29) is 17.1 Å². The van der Waals surface area contributed by atoms with Crippen LogP contribution in [-0.2, 0) is 11.0 Å². The summed E-state index contributed by atoms with van der Waals surface area (Å²) in [5.74, 6) is -0.852. The molecule has 2 rings (SSSR count). The molecule has 0 bridgehead atoms. The van der Waals surface area contributed by atoms with Crippen molar-refractivity contribution in [3.05, 3.63) is 63.7 Å². The maximum atomic E-state index is 12.7. The van der Waals surface area contributed by atoms with Gasteiger partial charge in [0.25, 0.3) is 11.6 Å². The second kappa shape index (κ2) is 10.1. The molecule has 0 aromatic heterocycles. The van der Waals surface area contributed by atoms with Crippen molar-refractivity contribution >= 4 is 35.0 Å². The number of carbonyl (C=O) groups is 3. The zero-order valence-electron chi connectivity index (χ0n) is 16.4. The number of nitro benzene ring substituents is 1. The van der Waals surface area contributed by atoms with Gasteiger partial charge >= 0.3 is 18.2 Å². The van der Waals surface area contributed by atoms with Crippen LogP contribution in [0.2, 0.25) is 0 Å². The Hall–Kier alpha value is -4.36. The SMILES string of the molecule is Cc1ccc([N+](=O)[O-])cc1NC(=O)NNC(=O)CNC(=O)Nc1cccc(C(F)(F)F)c1. The van der Waals surface area contributed by atoms with Crippen molar-refractivity contribution in [2.75, 3.05) is 17.2 Å². The molecule has 5 amide bonds. The molecule has 32 heavy (non-hydrogen) atoms. The van der Waals surface area contributed by atoms with Crippen LogP contribution in [-0.4, -0.2) is 29.4 Å². The second-order valence-corrected chi connectivity index (χ2v) is 6.27. The fraction of sp³-hybridized carbons (Fsp3) is 0.167. The van der Waals surface area contributed by atoms with Gasteiger partial charge in [-0.2, -0.15) is 13.2 Å². The fourth-order valence-electron chi connectivity index (χ4n) is 2.29. The van der Waals surface area contributed by atoms with Crippen LogP contribution in [0, 0.1) is 17.0 Å². The van der Waals surface area contributed by atoms with Gasteiger partial charge in [-0.05, 0) is 30.7 Å². The summed E-state index contributed by atoms with van der Waals surface area (Å²) < 4.78 is 38.0. The lowest BCUT2D eigenvalue weighted by atomic mass is 10.2. The monoisotopic (exact) mass is 454 g/mol. The molecule has 11 nitrogen and oxygen atoms in total. The molecule has 0 aliphatic rings. The molecule has 0 heterocycles. The molecule has 0 fully saturated rings. The molecule has 0 saturated carbocycles. The van der Waals surface area contributed by atoms with Crippen LogP contribution in [0.4, 0.5) is 39.8 Å². The van der Waals surface area contributed by atoms with Gasteiger partial charge in [-0.25, -0.2) is 15.0 Å². The van der Waals surface area contributed by atoms with Crippen molar-refractivity contribution < 1.29 is 32.5 Å². The number of benzene rings is 2. The zero-order chi connectivity index (χ0) is 23.9. The van der Waals surface area contributed by atoms with Crippen LogP contribution in [0.15, 0.2) is 42.5 Å². The number of halogens is 3. The number of anilines is 2. The van der Waals surface area contributed by atoms with Gasteiger partial charge in [0.2, 0.25) is 0 Å². The summed E-state index contributed by atoms with van der Waals surface area (Å²) in [6, 6.07) is 5.87. The van der Waals surface area contributed by atoms with E-state index in [4.69, 9.17) is 0 Å². The van der Waals surface area contributed by atoms with E-state index in [2.05, 4.69) is 16.0 Å². The summed E-state index contributed by atoms with van der Waals surface area (Å²) in [4.78, 5) is 45.5. The van der Waals surface area contributed by atoms with Crippen molar-refractivity contribution in [2.45, 2.75) is 13.1 Å². The second-order valence-electron chi connectivity index (χ2n) is 6.27. The molecule has 14 heteroatoms. The highest BCUT2D eigenvalue weighted by molar-refractivity contribution is 5.94. The molecule has 0 aliphatic carbocycles. The lowest BCUT2D eigenvalue weighted by Crippen LogP contribution is -2.48. The standard InChI is InChI=1S/C18H17F3N6O5/c1-10-5-6-13(27(31)32)8-14(10)24-17(30)26-25-15(28)9-22-16(29)23-12-4-2-3-11(7-12)18(19,20)21/h2-8H,9H2,1H3,(H,25,28)(H2,22,23,29)(H2,24,26,30). The minimum Gasteiger partial charge on any atom is -0.329 e. The topological polar surface area (TPSA) is 154 Å². The van der Waals surface area contributed by atoms with Gasteiger partial charge in [-0.15, -0.1) is 0 Å². The molecule has 0 spiro atoms. The molecule has 0 saturated heterocycles. The van der Waals surface area contributed by atoms with Gasteiger partial charge in [0.15, 0.2) is 0 Å². The number of hydrazine groups is 1. The van der Waals surface area contributed by atoms with Crippen LogP contribution in [0.25, 0.3) is 0 Å². The molecule has 170 valence electrons. The summed E-state index contributed by atoms with van der Waals surface area (Å²) >= 11 is 0. The summed E-state index contributed by atoms with van der Waals surface area (Å²) in [5, 5.41) is 17.4. The number of rotatable bonds is 5. The third kappa shape index (κ3) is 7.16. The van der Waals surface area contributed by atoms with Crippen LogP contribution in [0.3, 0.4) is 0 Å². The van der Waals surface area contributed by atoms with Crippen molar-refractivity contribution in [1.82, 2.24) is 16.2 Å². The van der Waals surface area contributed by atoms with Crippen molar-refractivity contribution in [3.63, 3.8) is 0 Å². The van der Waals surface area contributed by atoms with Crippen molar-refractivity contribution in [1.29, 1.82) is 0 Å². The van der Waals surface area contributed by atoms with E-state index in [1.807, 2.05) is 10.9 Å². The van der Waals surface area contributed by atoms with E-state index in [9.17, 15) is 37.7 Å². The summed E-state index contributed by atoms with van der Waals surface area (Å²) in [7, 11) is 0. The Morgan fingerprint density at radius 1 is 1.00 bits per heavy atom. The van der Waals surface area contributed by atoms with Gasteiger partial charge in [-0.1, -0.05) is 12.1 Å². The Morgan fingerprint density at radius 3 is 2.38 bits per heavy atom. The van der Waals surface area contributed by atoms with Gasteiger partial charge in [0, 0.05) is 17.8 Å². The molecule has 0 radical (unpaired) electrons. The van der Waals surface area contributed by atoms with Gasteiger partial charge < -0.3 is 16.0 Å². The highest BCUT2D eigenvalue weighted by Gasteiger charge is 2.30. The third-order valence-electron chi connectivity index (χ3n) is 3.85. The van der Waals surface area contributed by atoms with Gasteiger partial charge in [0.05, 0.1) is 16.2 Å². The Kier molecular flexibility index (Phi) is 7.55. The zero-order valence-corrected chi connectivity index (χ0v) is 16.4.